The molecular weight excluding hydrogens is 396 g/mol. The number of rotatable bonds is 10. The highest BCUT2D eigenvalue weighted by Crippen LogP contribution is 2.31. The van der Waals surface area contributed by atoms with Crippen LogP contribution in [0.2, 0.25) is 0 Å². The minimum Gasteiger partial charge on any atom is -0.508 e. The molecular formula is C28H36N2O2. The van der Waals surface area contributed by atoms with E-state index in [2.05, 4.69) is 27.7 Å². The lowest BCUT2D eigenvalue weighted by atomic mass is 9.98. The lowest BCUT2D eigenvalue weighted by Crippen LogP contribution is -2.07. The molecule has 2 aromatic carbocycles. The van der Waals surface area contributed by atoms with Gasteiger partial charge in [0.15, 0.2) is 0 Å². The number of aromatic nitrogens is 2. The number of benzene rings is 2. The summed E-state index contributed by atoms with van der Waals surface area (Å²) in [5.41, 5.74) is 5.78. The van der Waals surface area contributed by atoms with Crippen LogP contribution in [0.25, 0.3) is 22.5 Å². The van der Waals surface area contributed by atoms with Crippen molar-refractivity contribution in [3.63, 3.8) is 0 Å². The van der Waals surface area contributed by atoms with Gasteiger partial charge in [0, 0.05) is 11.1 Å². The standard InChI is InChI=1S/C28H36N2O2/c1-19(2)7-5-9-25-27(21-11-15-23(31)16-12-21)30-26(10-6-8-20(3)4)28(29-25)22-13-17-24(32)18-14-22/h11-20,31-32H,5-10H2,1-4H3. The monoisotopic (exact) mass is 432 g/mol. The molecule has 170 valence electrons. The molecule has 0 aliphatic heterocycles. The Hall–Kier alpha value is -2.88. The maximum Gasteiger partial charge on any atom is 0.115 e. The Kier molecular flexibility index (Phi) is 8.26. The molecule has 0 atom stereocenters. The number of hydrogen-bond donors (Lipinski definition) is 2. The molecule has 0 aliphatic rings. The predicted molar refractivity (Wildman–Crippen MR) is 132 cm³/mol. The van der Waals surface area contributed by atoms with Gasteiger partial charge in [0.25, 0.3) is 0 Å². The Balaban J connectivity index is 2.08. The van der Waals surface area contributed by atoms with E-state index in [1.807, 2.05) is 24.3 Å². The molecule has 3 rings (SSSR count). The number of nitrogens with zero attached hydrogens (tertiary/aromatic N) is 2. The number of hydrogen-bond acceptors (Lipinski definition) is 4. The molecule has 0 aliphatic carbocycles. The van der Waals surface area contributed by atoms with Crippen LogP contribution in [0.1, 0.15) is 64.8 Å². The van der Waals surface area contributed by atoms with Crippen LogP contribution in [0.5, 0.6) is 11.5 Å². The first kappa shape index (κ1) is 23.8. The molecule has 0 saturated carbocycles. The van der Waals surface area contributed by atoms with Gasteiger partial charge in [-0.15, -0.1) is 0 Å². The third-order valence-electron chi connectivity index (χ3n) is 5.71. The van der Waals surface area contributed by atoms with Crippen molar-refractivity contribution in [3.05, 3.63) is 59.9 Å². The van der Waals surface area contributed by atoms with Crippen molar-refractivity contribution >= 4 is 0 Å². The zero-order valence-electron chi connectivity index (χ0n) is 19.8. The molecule has 3 aromatic rings. The van der Waals surface area contributed by atoms with Gasteiger partial charge < -0.3 is 10.2 Å². The lowest BCUT2D eigenvalue weighted by molar-refractivity contribution is 0.475. The van der Waals surface area contributed by atoms with Crippen molar-refractivity contribution in [3.8, 4) is 34.0 Å². The molecule has 0 bridgehead atoms. The molecule has 0 radical (unpaired) electrons. The number of aromatic hydroxyl groups is 2. The third-order valence-corrected chi connectivity index (χ3v) is 5.71. The molecule has 0 saturated heterocycles. The molecule has 4 heteroatoms. The zero-order chi connectivity index (χ0) is 23.1. The van der Waals surface area contributed by atoms with Crippen LogP contribution in [0, 0.1) is 11.8 Å². The summed E-state index contributed by atoms with van der Waals surface area (Å²) in [6.45, 7) is 8.97. The van der Waals surface area contributed by atoms with Crippen molar-refractivity contribution in [2.24, 2.45) is 11.8 Å². The van der Waals surface area contributed by atoms with E-state index in [1.54, 1.807) is 24.3 Å². The van der Waals surface area contributed by atoms with Gasteiger partial charge in [0.1, 0.15) is 11.5 Å². The number of aryl methyl sites for hydroxylation is 2. The molecule has 32 heavy (non-hydrogen) atoms. The molecule has 0 amide bonds. The highest BCUT2D eigenvalue weighted by atomic mass is 16.3. The minimum absolute atomic E-state index is 0.251. The second-order valence-corrected chi connectivity index (χ2v) is 9.48. The fourth-order valence-corrected chi connectivity index (χ4v) is 3.91. The average molecular weight is 433 g/mol. The summed E-state index contributed by atoms with van der Waals surface area (Å²) in [5.74, 6) is 1.79. The largest absolute Gasteiger partial charge is 0.508 e. The molecule has 0 spiro atoms. The van der Waals surface area contributed by atoms with Crippen molar-refractivity contribution in [2.75, 3.05) is 0 Å². The van der Waals surface area contributed by atoms with Crippen LogP contribution >= 0.6 is 0 Å². The molecule has 1 aromatic heterocycles. The predicted octanol–water partition coefficient (Wildman–Crippen LogP) is 7.18. The van der Waals surface area contributed by atoms with Crippen LogP contribution in [-0.2, 0) is 12.8 Å². The van der Waals surface area contributed by atoms with Gasteiger partial charge in [-0.3, -0.25) is 0 Å². The first-order valence-electron chi connectivity index (χ1n) is 11.8. The Morgan fingerprint density at radius 3 is 1.25 bits per heavy atom. The highest BCUT2D eigenvalue weighted by molar-refractivity contribution is 5.68. The summed E-state index contributed by atoms with van der Waals surface area (Å²) < 4.78 is 0. The second-order valence-electron chi connectivity index (χ2n) is 9.48. The smallest absolute Gasteiger partial charge is 0.115 e. The summed E-state index contributed by atoms with van der Waals surface area (Å²) in [4.78, 5) is 10.3. The van der Waals surface area contributed by atoms with Crippen LogP contribution < -0.4 is 0 Å². The molecule has 2 N–H and O–H groups in total. The van der Waals surface area contributed by atoms with Crippen molar-refractivity contribution in [1.29, 1.82) is 0 Å². The summed E-state index contributed by atoms with van der Waals surface area (Å²) in [7, 11) is 0. The molecule has 4 nitrogen and oxygen atoms in total. The van der Waals surface area contributed by atoms with Gasteiger partial charge >= 0.3 is 0 Å². The Morgan fingerprint density at radius 2 is 0.938 bits per heavy atom. The SMILES string of the molecule is CC(C)CCCc1nc(-c2ccc(O)cc2)c(CCCC(C)C)nc1-c1ccc(O)cc1. The highest BCUT2D eigenvalue weighted by Gasteiger charge is 2.17. The summed E-state index contributed by atoms with van der Waals surface area (Å²) in [6.07, 6.45) is 6.11. The van der Waals surface area contributed by atoms with Crippen LogP contribution in [-0.4, -0.2) is 20.2 Å². The zero-order valence-corrected chi connectivity index (χ0v) is 19.8. The fourth-order valence-electron chi connectivity index (χ4n) is 3.91. The summed E-state index contributed by atoms with van der Waals surface area (Å²) >= 11 is 0. The Bertz CT molecular complexity index is 910. The number of phenols is 2. The molecule has 0 fully saturated rings. The average Bonchev–Trinajstić information content (AvgIpc) is 2.75. The Labute approximate surface area is 192 Å². The maximum atomic E-state index is 9.76. The van der Waals surface area contributed by atoms with E-state index in [9.17, 15) is 10.2 Å². The normalized spacial score (nSPS) is 11.4. The minimum atomic E-state index is 0.251. The summed E-state index contributed by atoms with van der Waals surface area (Å²) in [6, 6.07) is 14.5. The van der Waals surface area contributed by atoms with E-state index in [-0.39, 0.29) is 11.5 Å². The van der Waals surface area contributed by atoms with E-state index in [0.29, 0.717) is 11.8 Å². The van der Waals surface area contributed by atoms with E-state index >= 15 is 0 Å². The molecule has 1 heterocycles. The van der Waals surface area contributed by atoms with E-state index < -0.39 is 0 Å². The van der Waals surface area contributed by atoms with Crippen molar-refractivity contribution < 1.29 is 10.2 Å². The van der Waals surface area contributed by atoms with E-state index in [0.717, 1.165) is 72.4 Å². The van der Waals surface area contributed by atoms with Gasteiger partial charge in [-0.2, -0.15) is 0 Å². The van der Waals surface area contributed by atoms with E-state index in [1.165, 1.54) is 0 Å². The van der Waals surface area contributed by atoms with Crippen molar-refractivity contribution in [1.82, 2.24) is 9.97 Å². The van der Waals surface area contributed by atoms with Gasteiger partial charge in [-0.05, 0) is 86.1 Å². The first-order valence-corrected chi connectivity index (χ1v) is 11.8. The van der Waals surface area contributed by atoms with Gasteiger partial charge in [-0.1, -0.05) is 40.5 Å². The third kappa shape index (κ3) is 6.56. The van der Waals surface area contributed by atoms with Gasteiger partial charge in [-0.25, -0.2) is 9.97 Å². The van der Waals surface area contributed by atoms with E-state index in [4.69, 9.17) is 9.97 Å². The van der Waals surface area contributed by atoms with Crippen LogP contribution in [0.4, 0.5) is 0 Å². The Morgan fingerprint density at radius 1 is 0.594 bits per heavy atom. The second kappa shape index (κ2) is 11.1. The van der Waals surface area contributed by atoms with Gasteiger partial charge in [0.2, 0.25) is 0 Å². The first-order chi connectivity index (χ1) is 15.3. The van der Waals surface area contributed by atoms with Crippen molar-refractivity contribution in [2.45, 2.75) is 66.2 Å². The van der Waals surface area contributed by atoms with Crippen LogP contribution in [0.15, 0.2) is 48.5 Å². The summed E-state index contributed by atoms with van der Waals surface area (Å²) in [5, 5.41) is 19.5. The number of phenolic OH excluding ortho intramolecular Hbond substituents is 2. The van der Waals surface area contributed by atoms with Crippen LogP contribution in [0.3, 0.4) is 0 Å². The maximum absolute atomic E-state index is 9.76. The topological polar surface area (TPSA) is 66.2 Å². The lowest BCUT2D eigenvalue weighted by Gasteiger charge is -2.16. The fraction of sp³-hybridized carbons (Fsp3) is 0.429. The quantitative estimate of drug-likeness (QED) is 0.356. The molecule has 0 unspecified atom stereocenters. The van der Waals surface area contributed by atoms with Gasteiger partial charge in [0.05, 0.1) is 22.8 Å².